The third kappa shape index (κ3) is 3.58. The Kier molecular flexibility index (Phi) is 4.32. The minimum Gasteiger partial charge on any atom is -0.314 e. The van der Waals surface area contributed by atoms with E-state index < -0.39 is 0 Å². The van der Waals surface area contributed by atoms with Gasteiger partial charge in [-0.15, -0.1) is 0 Å². The van der Waals surface area contributed by atoms with E-state index in [1.807, 2.05) is 0 Å². The molecule has 2 heteroatoms. The molecule has 0 bridgehead atoms. The van der Waals surface area contributed by atoms with Gasteiger partial charge in [-0.05, 0) is 47.9 Å². The standard InChI is InChI=1S/C17H28N2/c1-12-8-14(17(3,4)5)9-13(2)16(12)10-15-11-18-6-7-19-15/h8-9,15,18-19H,6-7,10-11H2,1-5H3. The summed E-state index contributed by atoms with van der Waals surface area (Å²) < 4.78 is 0. The Morgan fingerprint density at radius 3 is 2.21 bits per heavy atom. The van der Waals surface area contributed by atoms with E-state index in [-0.39, 0.29) is 5.41 Å². The Labute approximate surface area is 118 Å². The first-order chi connectivity index (χ1) is 8.88. The SMILES string of the molecule is Cc1cc(C(C)(C)C)cc(C)c1CC1CNCCN1. The summed E-state index contributed by atoms with van der Waals surface area (Å²) in [6.45, 7) is 14.6. The van der Waals surface area contributed by atoms with Crippen LogP contribution in [0.25, 0.3) is 0 Å². The Hall–Kier alpha value is -0.860. The minimum absolute atomic E-state index is 0.235. The fourth-order valence-corrected chi connectivity index (χ4v) is 2.85. The second kappa shape index (κ2) is 5.64. The van der Waals surface area contributed by atoms with Gasteiger partial charge in [0.05, 0.1) is 0 Å². The second-order valence-electron chi connectivity index (χ2n) is 6.90. The van der Waals surface area contributed by atoms with Gasteiger partial charge >= 0.3 is 0 Å². The van der Waals surface area contributed by atoms with Crippen LogP contribution in [0.2, 0.25) is 0 Å². The van der Waals surface area contributed by atoms with Crippen LogP contribution >= 0.6 is 0 Å². The lowest BCUT2D eigenvalue weighted by Crippen LogP contribution is -2.49. The molecule has 0 radical (unpaired) electrons. The Balaban J connectivity index is 2.21. The summed E-state index contributed by atoms with van der Waals surface area (Å²) in [7, 11) is 0. The van der Waals surface area contributed by atoms with Crippen LogP contribution < -0.4 is 10.6 Å². The molecular formula is C17H28N2. The Bertz CT molecular complexity index is 414. The molecule has 0 amide bonds. The Morgan fingerprint density at radius 1 is 1.11 bits per heavy atom. The number of hydrogen-bond acceptors (Lipinski definition) is 2. The maximum absolute atomic E-state index is 3.60. The molecule has 0 spiro atoms. The summed E-state index contributed by atoms with van der Waals surface area (Å²) in [5.41, 5.74) is 6.09. The van der Waals surface area contributed by atoms with Gasteiger partial charge in [0.15, 0.2) is 0 Å². The summed E-state index contributed by atoms with van der Waals surface area (Å²) in [6, 6.07) is 5.32. The minimum atomic E-state index is 0.235. The smallest absolute Gasteiger partial charge is 0.0233 e. The lowest BCUT2D eigenvalue weighted by atomic mass is 9.83. The predicted molar refractivity (Wildman–Crippen MR) is 83.0 cm³/mol. The normalized spacial score (nSPS) is 20.6. The van der Waals surface area contributed by atoms with Crippen LogP contribution in [0.5, 0.6) is 0 Å². The molecule has 1 unspecified atom stereocenters. The molecule has 1 aliphatic rings. The Morgan fingerprint density at radius 2 is 1.74 bits per heavy atom. The van der Waals surface area contributed by atoms with E-state index in [2.05, 4.69) is 57.4 Å². The molecule has 1 aromatic carbocycles. The van der Waals surface area contributed by atoms with Crippen molar-refractivity contribution in [1.82, 2.24) is 10.6 Å². The monoisotopic (exact) mass is 260 g/mol. The van der Waals surface area contributed by atoms with Gasteiger partial charge in [-0.2, -0.15) is 0 Å². The average molecular weight is 260 g/mol. The fraction of sp³-hybridized carbons (Fsp3) is 0.647. The molecular weight excluding hydrogens is 232 g/mol. The second-order valence-corrected chi connectivity index (χ2v) is 6.90. The van der Waals surface area contributed by atoms with E-state index in [0.29, 0.717) is 6.04 Å². The first-order valence-corrected chi connectivity index (χ1v) is 7.42. The van der Waals surface area contributed by atoms with Gasteiger partial charge in [0.2, 0.25) is 0 Å². The van der Waals surface area contributed by atoms with Gasteiger partial charge in [0.25, 0.3) is 0 Å². The number of aryl methyl sites for hydroxylation is 2. The molecule has 1 aromatic rings. The molecule has 1 heterocycles. The van der Waals surface area contributed by atoms with Crippen LogP contribution in [0.4, 0.5) is 0 Å². The van der Waals surface area contributed by atoms with Crippen molar-refractivity contribution in [3.05, 3.63) is 34.4 Å². The van der Waals surface area contributed by atoms with Gasteiger partial charge < -0.3 is 10.6 Å². The van der Waals surface area contributed by atoms with Crippen LogP contribution in [0.1, 0.15) is 43.0 Å². The van der Waals surface area contributed by atoms with E-state index in [1.54, 1.807) is 0 Å². The van der Waals surface area contributed by atoms with Crippen molar-refractivity contribution >= 4 is 0 Å². The molecule has 0 saturated carbocycles. The highest BCUT2D eigenvalue weighted by Crippen LogP contribution is 2.27. The van der Waals surface area contributed by atoms with Crippen LogP contribution in [-0.4, -0.2) is 25.7 Å². The van der Waals surface area contributed by atoms with Crippen molar-refractivity contribution in [2.24, 2.45) is 0 Å². The van der Waals surface area contributed by atoms with Crippen LogP contribution in [0.15, 0.2) is 12.1 Å². The molecule has 1 aliphatic heterocycles. The first-order valence-electron chi connectivity index (χ1n) is 7.42. The molecule has 19 heavy (non-hydrogen) atoms. The number of nitrogens with one attached hydrogen (secondary N) is 2. The first kappa shape index (κ1) is 14.5. The summed E-state index contributed by atoms with van der Waals surface area (Å²) in [6.07, 6.45) is 1.13. The van der Waals surface area contributed by atoms with Gasteiger partial charge in [-0.25, -0.2) is 0 Å². The molecule has 2 N–H and O–H groups in total. The van der Waals surface area contributed by atoms with Crippen molar-refractivity contribution < 1.29 is 0 Å². The number of piperazine rings is 1. The zero-order chi connectivity index (χ0) is 14.0. The van der Waals surface area contributed by atoms with E-state index in [1.165, 1.54) is 22.3 Å². The van der Waals surface area contributed by atoms with Crippen LogP contribution in [0.3, 0.4) is 0 Å². The van der Waals surface area contributed by atoms with E-state index in [4.69, 9.17) is 0 Å². The largest absolute Gasteiger partial charge is 0.314 e. The highest BCUT2D eigenvalue weighted by Gasteiger charge is 2.19. The third-order valence-corrected chi connectivity index (χ3v) is 4.14. The summed E-state index contributed by atoms with van der Waals surface area (Å²) in [4.78, 5) is 0. The summed E-state index contributed by atoms with van der Waals surface area (Å²) in [5.74, 6) is 0. The molecule has 2 rings (SSSR count). The molecule has 0 aliphatic carbocycles. The predicted octanol–water partition coefficient (Wildman–Crippen LogP) is 2.70. The van der Waals surface area contributed by atoms with E-state index in [9.17, 15) is 0 Å². The third-order valence-electron chi connectivity index (χ3n) is 4.14. The molecule has 106 valence electrons. The lowest BCUT2D eigenvalue weighted by molar-refractivity contribution is 0.415. The summed E-state index contributed by atoms with van der Waals surface area (Å²) in [5, 5.41) is 7.07. The topological polar surface area (TPSA) is 24.1 Å². The van der Waals surface area contributed by atoms with Gasteiger partial charge in [0, 0.05) is 25.7 Å². The van der Waals surface area contributed by atoms with Gasteiger partial charge in [-0.3, -0.25) is 0 Å². The fourth-order valence-electron chi connectivity index (χ4n) is 2.85. The average Bonchev–Trinajstić information content (AvgIpc) is 2.33. The summed E-state index contributed by atoms with van der Waals surface area (Å²) >= 11 is 0. The zero-order valence-corrected chi connectivity index (χ0v) is 13.1. The van der Waals surface area contributed by atoms with Crippen molar-refractivity contribution in [1.29, 1.82) is 0 Å². The number of rotatable bonds is 2. The molecule has 1 atom stereocenters. The van der Waals surface area contributed by atoms with E-state index in [0.717, 1.165) is 26.1 Å². The van der Waals surface area contributed by atoms with Crippen LogP contribution in [-0.2, 0) is 11.8 Å². The molecule has 1 fully saturated rings. The maximum Gasteiger partial charge on any atom is 0.0233 e. The molecule has 1 saturated heterocycles. The van der Waals surface area contributed by atoms with Crippen molar-refractivity contribution in [3.63, 3.8) is 0 Å². The lowest BCUT2D eigenvalue weighted by Gasteiger charge is -2.27. The van der Waals surface area contributed by atoms with Gasteiger partial charge in [0.1, 0.15) is 0 Å². The maximum atomic E-state index is 3.60. The molecule has 2 nitrogen and oxygen atoms in total. The highest BCUT2D eigenvalue weighted by molar-refractivity contribution is 5.41. The quantitative estimate of drug-likeness (QED) is 0.854. The van der Waals surface area contributed by atoms with Gasteiger partial charge in [-0.1, -0.05) is 32.9 Å². The number of hydrogen-bond donors (Lipinski definition) is 2. The van der Waals surface area contributed by atoms with Crippen LogP contribution in [0, 0.1) is 13.8 Å². The number of benzene rings is 1. The van der Waals surface area contributed by atoms with Crippen molar-refractivity contribution in [2.45, 2.75) is 52.5 Å². The highest BCUT2D eigenvalue weighted by atomic mass is 15.0. The van der Waals surface area contributed by atoms with Crippen molar-refractivity contribution in [3.8, 4) is 0 Å². The molecule has 0 aromatic heterocycles. The zero-order valence-electron chi connectivity index (χ0n) is 13.1. The van der Waals surface area contributed by atoms with Crippen molar-refractivity contribution in [2.75, 3.05) is 19.6 Å². The van der Waals surface area contributed by atoms with E-state index >= 15 is 0 Å².